The van der Waals surface area contributed by atoms with E-state index < -0.39 is 0 Å². The number of benzene rings is 1. The van der Waals surface area contributed by atoms with Gasteiger partial charge in [-0.1, -0.05) is 29.8 Å². The van der Waals surface area contributed by atoms with Crippen molar-refractivity contribution in [1.82, 2.24) is 0 Å². The summed E-state index contributed by atoms with van der Waals surface area (Å²) in [6.07, 6.45) is 0. The van der Waals surface area contributed by atoms with Gasteiger partial charge in [0.1, 0.15) is 0 Å². The minimum Gasteiger partial charge on any atom is -0.326 e. The van der Waals surface area contributed by atoms with Gasteiger partial charge in [0.05, 0.1) is 0 Å². The van der Waals surface area contributed by atoms with Crippen LogP contribution in [-0.4, -0.2) is 0 Å². The number of aryl methyl sites for hydroxylation is 1. The van der Waals surface area contributed by atoms with Crippen molar-refractivity contribution in [1.29, 1.82) is 0 Å². The summed E-state index contributed by atoms with van der Waals surface area (Å²) in [6.45, 7) is 8.71. The minimum absolute atomic E-state index is 0.641. The van der Waals surface area contributed by atoms with Crippen molar-refractivity contribution in [3.8, 4) is 0 Å². The molecule has 1 aromatic rings. The van der Waals surface area contributed by atoms with E-state index in [0.717, 1.165) is 0 Å². The van der Waals surface area contributed by atoms with E-state index in [1.54, 1.807) is 0 Å². The van der Waals surface area contributed by atoms with Crippen LogP contribution in [0.3, 0.4) is 0 Å². The Morgan fingerprint density at radius 3 is 2.36 bits per heavy atom. The Hall–Kier alpha value is -1.08. The van der Waals surface area contributed by atoms with Crippen molar-refractivity contribution in [3.63, 3.8) is 0 Å². The van der Waals surface area contributed by atoms with Crippen LogP contribution in [0.2, 0.25) is 0 Å². The first-order chi connectivity index (χ1) is 5.33. The molecule has 0 fully saturated rings. The summed E-state index contributed by atoms with van der Waals surface area (Å²) in [5.74, 6) is 0. The van der Waals surface area contributed by atoms with Crippen LogP contribution in [0.1, 0.15) is 11.1 Å². The zero-order valence-electron chi connectivity index (χ0n) is 7.01. The first-order valence-corrected chi connectivity index (χ1v) is 3.58. The standard InChI is InChI=1S/C8H11N.C2H4/c1-7-3-2-4-8(5-7)6-9;1-2/h2-5H,6,9H2,1H3;1-2H2. The van der Waals surface area contributed by atoms with Gasteiger partial charge >= 0.3 is 0 Å². The molecular formula is C10H15N. The smallest absolute Gasteiger partial charge is 0.0178 e. The van der Waals surface area contributed by atoms with Gasteiger partial charge in [0, 0.05) is 6.54 Å². The van der Waals surface area contributed by atoms with E-state index in [0.29, 0.717) is 6.54 Å². The molecule has 1 rings (SSSR count). The minimum atomic E-state index is 0.641. The number of nitrogens with two attached hydrogens (primary N) is 1. The highest BCUT2D eigenvalue weighted by Crippen LogP contribution is 2.01. The third kappa shape index (κ3) is 3.58. The average molecular weight is 149 g/mol. The van der Waals surface area contributed by atoms with Crippen LogP contribution in [0, 0.1) is 6.92 Å². The number of rotatable bonds is 1. The molecule has 0 aliphatic rings. The molecule has 1 heteroatoms. The van der Waals surface area contributed by atoms with Gasteiger partial charge in [-0.3, -0.25) is 0 Å². The van der Waals surface area contributed by atoms with E-state index in [1.807, 2.05) is 12.1 Å². The predicted octanol–water partition coefficient (Wildman–Crippen LogP) is 2.26. The topological polar surface area (TPSA) is 26.0 Å². The van der Waals surface area contributed by atoms with E-state index in [-0.39, 0.29) is 0 Å². The van der Waals surface area contributed by atoms with Crippen molar-refractivity contribution in [2.24, 2.45) is 5.73 Å². The Bertz CT molecular complexity index is 206. The fourth-order valence-corrected chi connectivity index (χ4v) is 0.839. The fraction of sp³-hybridized carbons (Fsp3) is 0.200. The summed E-state index contributed by atoms with van der Waals surface area (Å²) in [5, 5.41) is 0. The molecule has 0 aromatic heterocycles. The van der Waals surface area contributed by atoms with Crippen LogP contribution in [0.5, 0.6) is 0 Å². The molecule has 0 radical (unpaired) electrons. The van der Waals surface area contributed by atoms with Gasteiger partial charge in [-0.2, -0.15) is 0 Å². The van der Waals surface area contributed by atoms with Gasteiger partial charge < -0.3 is 5.73 Å². The van der Waals surface area contributed by atoms with Gasteiger partial charge in [-0.05, 0) is 12.5 Å². The molecule has 0 aliphatic carbocycles. The Morgan fingerprint density at radius 2 is 2.00 bits per heavy atom. The zero-order valence-corrected chi connectivity index (χ0v) is 7.01. The first kappa shape index (κ1) is 9.92. The van der Waals surface area contributed by atoms with Gasteiger partial charge in [0.25, 0.3) is 0 Å². The zero-order chi connectivity index (χ0) is 8.69. The molecule has 1 aromatic carbocycles. The molecule has 2 N–H and O–H groups in total. The fourth-order valence-electron chi connectivity index (χ4n) is 0.839. The van der Waals surface area contributed by atoms with E-state index in [2.05, 4.69) is 32.2 Å². The first-order valence-electron chi connectivity index (χ1n) is 3.58. The highest BCUT2D eigenvalue weighted by atomic mass is 14.5. The second-order valence-electron chi connectivity index (χ2n) is 2.19. The van der Waals surface area contributed by atoms with Crippen LogP contribution in [0.4, 0.5) is 0 Å². The van der Waals surface area contributed by atoms with E-state index in [4.69, 9.17) is 5.73 Å². The molecule has 1 nitrogen and oxygen atoms in total. The normalized spacial score (nSPS) is 8.18. The van der Waals surface area contributed by atoms with E-state index in [1.165, 1.54) is 11.1 Å². The van der Waals surface area contributed by atoms with Crippen molar-refractivity contribution in [3.05, 3.63) is 48.6 Å². The monoisotopic (exact) mass is 149 g/mol. The van der Waals surface area contributed by atoms with Gasteiger partial charge in [-0.15, -0.1) is 13.2 Å². The van der Waals surface area contributed by atoms with Crippen molar-refractivity contribution in [2.75, 3.05) is 0 Å². The largest absolute Gasteiger partial charge is 0.326 e. The van der Waals surface area contributed by atoms with Crippen LogP contribution in [0.25, 0.3) is 0 Å². The second-order valence-corrected chi connectivity index (χ2v) is 2.19. The SMILES string of the molecule is C=C.Cc1cccc(CN)c1. The quantitative estimate of drug-likeness (QED) is 0.609. The number of hydrogen-bond donors (Lipinski definition) is 1. The summed E-state index contributed by atoms with van der Waals surface area (Å²) < 4.78 is 0. The Balaban J connectivity index is 0.000000461. The molecule has 0 saturated heterocycles. The van der Waals surface area contributed by atoms with Crippen molar-refractivity contribution >= 4 is 0 Å². The van der Waals surface area contributed by atoms with E-state index in [9.17, 15) is 0 Å². The lowest BCUT2D eigenvalue weighted by Crippen LogP contribution is -1.95. The maximum atomic E-state index is 5.42. The molecular weight excluding hydrogens is 134 g/mol. The molecule has 0 aliphatic heterocycles. The third-order valence-corrected chi connectivity index (χ3v) is 1.32. The lowest BCUT2D eigenvalue weighted by atomic mass is 10.1. The Kier molecular flexibility index (Phi) is 5.13. The summed E-state index contributed by atoms with van der Waals surface area (Å²) >= 11 is 0. The van der Waals surface area contributed by atoms with Gasteiger partial charge in [0.2, 0.25) is 0 Å². The molecule has 0 unspecified atom stereocenters. The third-order valence-electron chi connectivity index (χ3n) is 1.32. The average Bonchev–Trinajstić information content (AvgIpc) is 2.08. The summed E-state index contributed by atoms with van der Waals surface area (Å²) in [5.41, 5.74) is 7.90. The van der Waals surface area contributed by atoms with Crippen molar-refractivity contribution in [2.45, 2.75) is 13.5 Å². The second kappa shape index (κ2) is 5.69. The maximum Gasteiger partial charge on any atom is 0.0178 e. The summed E-state index contributed by atoms with van der Waals surface area (Å²) in [6, 6.07) is 8.23. The highest BCUT2D eigenvalue weighted by molar-refractivity contribution is 5.21. The molecule has 11 heavy (non-hydrogen) atoms. The van der Waals surface area contributed by atoms with Gasteiger partial charge in [-0.25, -0.2) is 0 Å². The lowest BCUT2D eigenvalue weighted by Gasteiger charge is -1.95. The molecule has 0 spiro atoms. The van der Waals surface area contributed by atoms with E-state index >= 15 is 0 Å². The Labute approximate surface area is 68.5 Å². The van der Waals surface area contributed by atoms with Crippen molar-refractivity contribution < 1.29 is 0 Å². The number of hydrogen-bond acceptors (Lipinski definition) is 1. The van der Waals surface area contributed by atoms with Gasteiger partial charge in [0.15, 0.2) is 0 Å². The van der Waals surface area contributed by atoms with Crippen LogP contribution >= 0.6 is 0 Å². The molecule has 60 valence electrons. The molecule has 0 heterocycles. The lowest BCUT2D eigenvalue weighted by molar-refractivity contribution is 1.07. The molecule has 0 bridgehead atoms. The molecule has 0 saturated carbocycles. The Morgan fingerprint density at radius 1 is 1.36 bits per heavy atom. The summed E-state index contributed by atoms with van der Waals surface area (Å²) in [7, 11) is 0. The highest BCUT2D eigenvalue weighted by Gasteiger charge is 1.85. The predicted molar refractivity (Wildman–Crippen MR) is 50.3 cm³/mol. The van der Waals surface area contributed by atoms with Crippen LogP contribution in [0.15, 0.2) is 37.4 Å². The maximum absolute atomic E-state index is 5.42. The summed E-state index contributed by atoms with van der Waals surface area (Å²) in [4.78, 5) is 0. The molecule has 0 atom stereocenters. The van der Waals surface area contributed by atoms with Crippen LogP contribution < -0.4 is 5.73 Å². The van der Waals surface area contributed by atoms with Crippen LogP contribution in [-0.2, 0) is 6.54 Å². The molecule has 0 amide bonds.